The van der Waals surface area contributed by atoms with Crippen molar-refractivity contribution in [3.8, 4) is 11.3 Å². The fourth-order valence-corrected chi connectivity index (χ4v) is 3.05. The van der Waals surface area contributed by atoms with Gasteiger partial charge < -0.3 is 5.73 Å². The Labute approximate surface area is 126 Å². The van der Waals surface area contributed by atoms with Crippen LogP contribution in [-0.2, 0) is 6.54 Å². The van der Waals surface area contributed by atoms with E-state index in [4.69, 9.17) is 5.73 Å². The zero-order valence-electron chi connectivity index (χ0n) is 12.6. The van der Waals surface area contributed by atoms with Gasteiger partial charge in [0, 0.05) is 24.8 Å². The molecule has 1 fully saturated rings. The number of pyridine rings is 1. The zero-order valence-corrected chi connectivity index (χ0v) is 12.6. The first-order chi connectivity index (χ1) is 10.2. The van der Waals surface area contributed by atoms with Crippen molar-refractivity contribution in [2.24, 2.45) is 11.1 Å². The van der Waals surface area contributed by atoms with Gasteiger partial charge in [-0.05, 0) is 48.7 Å². The number of nitrogens with two attached hydrogens (primary N) is 1. The molecule has 0 spiro atoms. The molecule has 1 aromatic heterocycles. The molecule has 1 aliphatic rings. The van der Waals surface area contributed by atoms with E-state index < -0.39 is 0 Å². The van der Waals surface area contributed by atoms with Crippen LogP contribution in [0.15, 0.2) is 48.7 Å². The summed E-state index contributed by atoms with van der Waals surface area (Å²) in [5.74, 6) is 0. The summed E-state index contributed by atoms with van der Waals surface area (Å²) in [6, 6.07) is 14.7. The van der Waals surface area contributed by atoms with Crippen LogP contribution >= 0.6 is 0 Å². The van der Waals surface area contributed by atoms with Crippen LogP contribution in [0.25, 0.3) is 11.3 Å². The Morgan fingerprint density at radius 1 is 1.24 bits per heavy atom. The molecule has 1 unspecified atom stereocenters. The van der Waals surface area contributed by atoms with Gasteiger partial charge in [0.2, 0.25) is 0 Å². The van der Waals surface area contributed by atoms with E-state index in [1.807, 2.05) is 18.3 Å². The number of likely N-dealkylation sites (tertiary alicyclic amines) is 1. The second-order valence-corrected chi connectivity index (χ2v) is 6.39. The van der Waals surface area contributed by atoms with Crippen molar-refractivity contribution in [3.05, 3.63) is 54.2 Å². The highest BCUT2D eigenvalue weighted by Gasteiger charge is 2.32. The largest absolute Gasteiger partial charge is 0.330 e. The highest BCUT2D eigenvalue weighted by atomic mass is 15.2. The van der Waals surface area contributed by atoms with Crippen molar-refractivity contribution in [3.63, 3.8) is 0 Å². The molecule has 2 aromatic rings. The minimum atomic E-state index is 0.290. The average Bonchev–Trinajstić information content (AvgIpc) is 2.90. The van der Waals surface area contributed by atoms with Gasteiger partial charge in [0.25, 0.3) is 0 Å². The van der Waals surface area contributed by atoms with E-state index in [1.165, 1.54) is 17.5 Å². The van der Waals surface area contributed by atoms with Crippen molar-refractivity contribution in [1.82, 2.24) is 9.88 Å². The molecule has 110 valence electrons. The Morgan fingerprint density at radius 2 is 2.14 bits per heavy atom. The van der Waals surface area contributed by atoms with Crippen LogP contribution in [0.4, 0.5) is 0 Å². The van der Waals surface area contributed by atoms with Crippen molar-refractivity contribution >= 4 is 0 Å². The molecule has 3 rings (SSSR count). The third kappa shape index (κ3) is 3.31. The van der Waals surface area contributed by atoms with E-state index in [2.05, 4.69) is 47.1 Å². The Bertz CT molecular complexity index is 596. The van der Waals surface area contributed by atoms with E-state index in [0.717, 1.165) is 31.9 Å². The number of nitrogens with zero attached hydrogens (tertiary/aromatic N) is 2. The highest BCUT2D eigenvalue weighted by Crippen LogP contribution is 2.29. The lowest BCUT2D eigenvalue weighted by atomic mass is 9.90. The lowest BCUT2D eigenvalue weighted by Crippen LogP contribution is -2.31. The second kappa shape index (κ2) is 5.96. The van der Waals surface area contributed by atoms with Crippen molar-refractivity contribution in [2.45, 2.75) is 19.9 Å². The third-order valence-corrected chi connectivity index (χ3v) is 4.42. The van der Waals surface area contributed by atoms with Gasteiger partial charge in [-0.2, -0.15) is 0 Å². The van der Waals surface area contributed by atoms with E-state index in [-0.39, 0.29) is 0 Å². The number of hydrogen-bond acceptors (Lipinski definition) is 3. The maximum atomic E-state index is 5.89. The number of aromatic nitrogens is 1. The van der Waals surface area contributed by atoms with Crippen molar-refractivity contribution in [2.75, 3.05) is 19.6 Å². The highest BCUT2D eigenvalue weighted by molar-refractivity contribution is 5.59. The van der Waals surface area contributed by atoms with Gasteiger partial charge in [-0.15, -0.1) is 0 Å². The molecule has 2 heterocycles. The molecule has 0 radical (unpaired) electrons. The summed E-state index contributed by atoms with van der Waals surface area (Å²) in [5.41, 5.74) is 9.75. The molecule has 0 amide bonds. The summed E-state index contributed by atoms with van der Waals surface area (Å²) in [6.07, 6.45) is 3.04. The molecule has 2 N–H and O–H groups in total. The predicted molar refractivity (Wildman–Crippen MR) is 86.7 cm³/mol. The Balaban J connectivity index is 1.73. The standard InChI is InChI=1S/C18H23N3/c1-18(13-19)8-10-21(14-18)12-15-5-4-6-16(11-15)17-7-2-3-9-20-17/h2-7,9,11H,8,10,12-14,19H2,1H3. The molecule has 0 saturated carbocycles. The molecule has 1 saturated heterocycles. The summed E-state index contributed by atoms with van der Waals surface area (Å²) in [5, 5.41) is 0. The molecule has 1 atom stereocenters. The lowest BCUT2D eigenvalue weighted by Gasteiger charge is -2.22. The number of rotatable bonds is 4. The molecule has 0 bridgehead atoms. The van der Waals surface area contributed by atoms with Crippen LogP contribution in [0.1, 0.15) is 18.9 Å². The number of benzene rings is 1. The molecule has 21 heavy (non-hydrogen) atoms. The molecule has 3 nitrogen and oxygen atoms in total. The second-order valence-electron chi connectivity index (χ2n) is 6.39. The molecule has 0 aliphatic carbocycles. The van der Waals surface area contributed by atoms with Gasteiger partial charge in [-0.1, -0.05) is 31.2 Å². The third-order valence-electron chi connectivity index (χ3n) is 4.42. The van der Waals surface area contributed by atoms with Crippen LogP contribution in [-0.4, -0.2) is 29.5 Å². The van der Waals surface area contributed by atoms with Crippen LogP contribution < -0.4 is 5.73 Å². The van der Waals surface area contributed by atoms with Crippen LogP contribution in [0.3, 0.4) is 0 Å². The van der Waals surface area contributed by atoms with E-state index in [0.29, 0.717) is 5.41 Å². The summed E-state index contributed by atoms with van der Waals surface area (Å²) in [7, 11) is 0. The topological polar surface area (TPSA) is 42.1 Å². The summed E-state index contributed by atoms with van der Waals surface area (Å²) in [4.78, 5) is 6.93. The summed E-state index contributed by atoms with van der Waals surface area (Å²) in [6.45, 7) is 6.30. The SMILES string of the molecule is CC1(CN)CCN(Cc2cccc(-c3ccccn3)c2)C1. The normalized spacial score (nSPS) is 22.6. The fraction of sp³-hybridized carbons (Fsp3) is 0.389. The van der Waals surface area contributed by atoms with Gasteiger partial charge >= 0.3 is 0 Å². The fourth-order valence-electron chi connectivity index (χ4n) is 3.05. The first-order valence-electron chi connectivity index (χ1n) is 7.61. The lowest BCUT2D eigenvalue weighted by molar-refractivity contribution is 0.274. The van der Waals surface area contributed by atoms with Gasteiger partial charge in [0.05, 0.1) is 5.69 Å². The molecular weight excluding hydrogens is 258 g/mol. The molecule has 3 heteroatoms. The summed E-state index contributed by atoms with van der Waals surface area (Å²) >= 11 is 0. The minimum Gasteiger partial charge on any atom is -0.330 e. The van der Waals surface area contributed by atoms with Gasteiger partial charge in [0.1, 0.15) is 0 Å². The van der Waals surface area contributed by atoms with Crippen LogP contribution in [0.5, 0.6) is 0 Å². The Hall–Kier alpha value is -1.71. The van der Waals surface area contributed by atoms with E-state index >= 15 is 0 Å². The Kier molecular flexibility index (Phi) is 4.04. The smallest absolute Gasteiger partial charge is 0.0702 e. The predicted octanol–water partition coefficient (Wildman–Crippen LogP) is 2.92. The monoisotopic (exact) mass is 281 g/mol. The summed E-state index contributed by atoms with van der Waals surface area (Å²) < 4.78 is 0. The quantitative estimate of drug-likeness (QED) is 0.937. The maximum absolute atomic E-state index is 5.89. The van der Waals surface area contributed by atoms with E-state index in [1.54, 1.807) is 0 Å². The molecular formula is C18H23N3. The zero-order chi connectivity index (χ0) is 14.7. The van der Waals surface area contributed by atoms with Gasteiger partial charge in [-0.3, -0.25) is 9.88 Å². The molecule has 1 aliphatic heterocycles. The van der Waals surface area contributed by atoms with Gasteiger partial charge in [0.15, 0.2) is 0 Å². The molecule has 1 aromatic carbocycles. The van der Waals surface area contributed by atoms with Crippen LogP contribution in [0.2, 0.25) is 0 Å². The van der Waals surface area contributed by atoms with Crippen molar-refractivity contribution < 1.29 is 0 Å². The minimum absolute atomic E-state index is 0.290. The average molecular weight is 281 g/mol. The van der Waals surface area contributed by atoms with Crippen molar-refractivity contribution in [1.29, 1.82) is 0 Å². The van der Waals surface area contributed by atoms with Gasteiger partial charge in [-0.25, -0.2) is 0 Å². The number of hydrogen-bond donors (Lipinski definition) is 1. The first-order valence-corrected chi connectivity index (χ1v) is 7.61. The maximum Gasteiger partial charge on any atom is 0.0702 e. The first kappa shape index (κ1) is 14.2. The van der Waals surface area contributed by atoms with E-state index in [9.17, 15) is 0 Å². The Morgan fingerprint density at radius 3 is 2.86 bits per heavy atom. The van der Waals surface area contributed by atoms with Crippen LogP contribution in [0, 0.1) is 5.41 Å².